The first-order chi connectivity index (χ1) is 6.33. The molecule has 2 nitrogen and oxygen atoms in total. The van der Waals surface area contributed by atoms with E-state index < -0.39 is 10.1 Å². The molecule has 1 rings (SSSR count). The second kappa shape index (κ2) is 4.07. The number of nitrogens with two attached hydrogens (primary N) is 1. The van der Waals surface area contributed by atoms with Crippen LogP contribution in [0, 0.1) is 0 Å². The average molecular weight is 234 g/mol. The molecule has 0 saturated heterocycles. The summed E-state index contributed by atoms with van der Waals surface area (Å²) >= 11 is 11.6. The van der Waals surface area contributed by atoms with E-state index >= 15 is 0 Å². The van der Waals surface area contributed by atoms with E-state index in [1.165, 1.54) is 6.92 Å². The van der Waals surface area contributed by atoms with E-state index in [1.54, 1.807) is 0 Å². The Kier molecular flexibility index (Phi) is 3.43. The van der Waals surface area contributed by atoms with Gasteiger partial charge in [0, 0.05) is 6.42 Å². The fraction of sp³-hybridized carbons (Fsp3) is 0.400. The summed E-state index contributed by atoms with van der Waals surface area (Å²) in [5, 5.41) is 7.88. The Morgan fingerprint density at radius 1 is 1.29 bits per heavy atom. The first-order valence-corrected chi connectivity index (χ1v) is 5.01. The van der Waals surface area contributed by atoms with E-state index in [0.29, 0.717) is 6.42 Å². The monoisotopic (exact) mass is 233 g/mol. The van der Waals surface area contributed by atoms with Crippen molar-refractivity contribution in [1.82, 2.24) is 0 Å². The molecular weight excluding hydrogens is 221 g/mol. The van der Waals surface area contributed by atoms with Gasteiger partial charge in [-0.15, -0.1) is 0 Å². The molecule has 1 aromatic carbocycles. The lowest BCUT2D eigenvalue weighted by atomic mass is 10.0. The molecule has 78 valence electrons. The molecule has 0 aliphatic rings. The Labute approximate surface area is 93.6 Å². The SMILES string of the molecule is CC(O)(Cl)C(N)(Cl)Cc1ccccc1. The van der Waals surface area contributed by atoms with Gasteiger partial charge in [-0.3, -0.25) is 0 Å². The highest BCUT2D eigenvalue weighted by molar-refractivity contribution is 6.33. The van der Waals surface area contributed by atoms with E-state index in [0.717, 1.165) is 5.56 Å². The molecule has 0 heterocycles. The van der Waals surface area contributed by atoms with Crippen molar-refractivity contribution in [2.45, 2.75) is 23.4 Å². The van der Waals surface area contributed by atoms with Gasteiger partial charge in [-0.1, -0.05) is 53.5 Å². The number of aliphatic hydroxyl groups is 1. The van der Waals surface area contributed by atoms with E-state index in [9.17, 15) is 5.11 Å². The van der Waals surface area contributed by atoms with Crippen LogP contribution < -0.4 is 5.73 Å². The Hall–Kier alpha value is -0.280. The topological polar surface area (TPSA) is 46.2 Å². The lowest BCUT2D eigenvalue weighted by Gasteiger charge is -2.32. The third kappa shape index (κ3) is 2.85. The molecule has 1 aromatic rings. The largest absolute Gasteiger partial charge is 0.372 e. The van der Waals surface area contributed by atoms with Crippen molar-refractivity contribution in [3.8, 4) is 0 Å². The van der Waals surface area contributed by atoms with Crippen molar-refractivity contribution in [3.63, 3.8) is 0 Å². The van der Waals surface area contributed by atoms with Crippen LogP contribution in [-0.4, -0.2) is 15.2 Å². The van der Waals surface area contributed by atoms with Crippen molar-refractivity contribution < 1.29 is 5.11 Å². The highest BCUT2D eigenvalue weighted by Gasteiger charge is 2.40. The third-order valence-electron chi connectivity index (χ3n) is 2.06. The number of alkyl halides is 2. The van der Waals surface area contributed by atoms with Gasteiger partial charge in [-0.05, 0) is 12.5 Å². The highest BCUT2D eigenvalue weighted by Crippen LogP contribution is 2.31. The summed E-state index contributed by atoms with van der Waals surface area (Å²) in [6, 6.07) is 9.42. The van der Waals surface area contributed by atoms with Crippen LogP contribution in [0.1, 0.15) is 12.5 Å². The molecular formula is C10H13Cl2NO. The van der Waals surface area contributed by atoms with Gasteiger partial charge < -0.3 is 10.8 Å². The van der Waals surface area contributed by atoms with Gasteiger partial charge >= 0.3 is 0 Å². The molecule has 0 fully saturated rings. The molecule has 2 unspecified atom stereocenters. The Morgan fingerprint density at radius 3 is 2.21 bits per heavy atom. The van der Waals surface area contributed by atoms with Crippen molar-refractivity contribution in [2.75, 3.05) is 0 Å². The van der Waals surface area contributed by atoms with Crippen LogP contribution in [-0.2, 0) is 6.42 Å². The zero-order valence-corrected chi connectivity index (χ0v) is 9.39. The molecule has 0 radical (unpaired) electrons. The van der Waals surface area contributed by atoms with Gasteiger partial charge in [0.05, 0.1) is 0 Å². The summed E-state index contributed by atoms with van der Waals surface area (Å²) in [4.78, 5) is -1.37. The Balaban J connectivity index is 2.79. The zero-order valence-electron chi connectivity index (χ0n) is 7.87. The smallest absolute Gasteiger partial charge is 0.167 e. The van der Waals surface area contributed by atoms with Gasteiger partial charge in [0.25, 0.3) is 0 Å². The first kappa shape index (κ1) is 11.8. The molecule has 14 heavy (non-hydrogen) atoms. The maximum absolute atomic E-state index is 9.52. The van der Waals surface area contributed by atoms with Gasteiger partial charge in [0.2, 0.25) is 0 Å². The number of hydrogen-bond acceptors (Lipinski definition) is 2. The number of halogens is 2. The maximum Gasteiger partial charge on any atom is 0.167 e. The molecule has 3 N–H and O–H groups in total. The maximum atomic E-state index is 9.52. The zero-order chi connectivity index (χ0) is 10.8. The molecule has 4 heteroatoms. The highest BCUT2D eigenvalue weighted by atomic mass is 35.5. The Morgan fingerprint density at radius 2 is 1.79 bits per heavy atom. The summed E-state index contributed by atoms with van der Waals surface area (Å²) in [6.45, 7) is 1.38. The molecule has 0 saturated carbocycles. The lowest BCUT2D eigenvalue weighted by molar-refractivity contribution is 0.0998. The molecule has 0 aliphatic carbocycles. The van der Waals surface area contributed by atoms with E-state index in [4.69, 9.17) is 28.9 Å². The van der Waals surface area contributed by atoms with Crippen LogP contribution in [0.4, 0.5) is 0 Å². The molecule has 2 atom stereocenters. The summed E-state index contributed by atoms with van der Waals surface area (Å²) in [5.74, 6) is 0. The summed E-state index contributed by atoms with van der Waals surface area (Å²) < 4.78 is 0. The van der Waals surface area contributed by atoms with Crippen molar-refractivity contribution >= 4 is 23.2 Å². The Bertz CT molecular complexity index is 293. The number of rotatable bonds is 3. The molecule has 0 aromatic heterocycles. The van der Waals surface area contributed by atoms with E-state index in [2.05, 4.69) is 0 Å². The predicted molar refractivity (Wildman–Crippen MR) is 59.4 cm³/mol. The van der Waals surface area contributed by atoms with Crippen LogP contribution in [0.25, 0.3) is 0 Å². The normalized spacial score (nSPS) is 19.8. The number of benzene rings is 1. The predicted octanol–water partition coefficient (Wildman–Crippen LogP) is 2.07. The molecule has 0 aliphatic heterocycles. The fourth-order valence-corrected chi connectivity index (χ4v) is 1.28. The van der Waals surface area contributed by atoms with Gasteiger partial charge in [0.1, 0.15) is 5.00 Å². The first-order valence-electron chi connectivity index (χ1n) is 4.26. The third-order valence-corrected chi connectivity index (χ3v) is 3.00. The number of hydrogen-bond donors (Lipinski definition) is 2. The second-order valence-electron chi connectivity index (χ2n) is 3.48. The van der Waals surface area contributed by atoms with Crippen LogP contribution in [0.2, 0.25) is 0 Å². The quantitative estimate of drug-likeness (QED) is 0.621. The standard InChI is InChI=1S/C10H13Cl2NO/c1-9(11,14)10(12,13)7-8-5-3-2-4-6-8/h2-6,14H,7,13H2,1H3. The molecule has 0 amide bonds. The van der Waals surface area contributed by atoms with Crippen molar-refractivity contribution in [2.24, 2.45) is 5.73 Å². The van der Waals surface area contributed by atoms with E-state index in [-0.39, 0.29) is 0 Å². The summed E-state index contributed by atoms with van der Waals surface area (Å²) in [7, 11) is 0. The summed E-state index contributed by atoms with van der Waals surface area (Å²) in [6.07, 6.45) is 0.311. The minimum Gasteiger partial charge on any atom is -0.372 e. The van der Waals surface area contributed by atoms with Crippen LogP contribution >= 0.6 is 23.2 Å². The summed E-state index contributed by atoms with van der Waals surface area (Å²) in [5.41, 5.74) is 6.65. The van der Waals surface area contributed by atoms with Crippen molar-refractivity contribution in [1.29, 1.82) is 0 Å². The molecule has 0 spiro atoms. The minimum absolute atomic E-state index is 0.311. The average Bonchev–Trinajstić information content (AvgIpc) is 2.03. The fourth-order valence-electron chi connectivity index (χ4n) is 1.05. The van der Waals surface area contributed by atoms with Crippen LogP contribution in [0.5, 0.6) is 0 Å². The van der Waals surface area contributed by atoms with Gasteiger partial charge in [0.15, 0.2) is 5.06 Å². The van der Waals surface area contributed by atoms with Crippen LogP contribution in [0.15, 0.2) is 30.3 Å². The molecule has 0 bridgehead atoms. The lowest BCUT2D eigenvalue weighted by Crippen LogP contribution is -2.52. The van der Waals surface area contributed by atoms with Gasteiger partial charge in [-0.25, -0.2) is 0 Å². The van der Waals surface area contributed by atoms with Crippen molar-refractivity contribution in [3.05, 3.63) is 35.9 Å². The minimum atomic E-state index is -1.63. The second-order valence-corrected chi connectivity index (χ2v) is 4.89. The van der Waals surface area contributed by atoms with Gasteiger partial charge in [-0.2, -0.15) is 0 Å². The van der Waals surface area contributed by atoms with E-state index in [1.807, 2.05) is 30.3 Å². The van der Waals surface area contributed by atoms with Crippen LogP contribution in [0.3, 0.4) is 0 Å².